The molecule has 1 heterocycles. The number of amides is 2. The van der Waals surface area contributed by atoms with E-state index in [1.807, 2.05) is 32.0 Å². The summed E-state index contributed by atoms with van der Waals surface area (Å²) in [7, 11) is 0. The molecule has 0 unspecified atom stereocenters. The topological polar surface area (TPSA) is 49.4 Å². The van der Waals surface area contributed by atoms with E-state index in [2.05, 4.69) is 5.32 Å². The van der Waals surface area contributed by atoms with Crippen LogP contribution in [-0.2, 0) is 9.59 Å². The number of hydrogen-bond acceptors (Lipinski definition) is 3. The zero-order valence-corrected chi connectivity index (χ0v) is 17.1. The standard InChI is InChI=1S/C24H18ClFN2O2/c1-14-3-4-15(2)20(13-14)28-23(29)21(16-5-7-17(25)8-6-16)22(24(28)30)27-19-11-9-18(26)10-12-19/h3-13,27H,1-2H3. The van der Waals surface area contributed by atoms with Gasteiger partial charge in [-0.3, -0.25) is 9.59 Å². The van der Waals surface area contributed by atoms with Gasteiger partial charge in [0, 0.05) is 10.7 Å². The summed E-state index contributed by atoms with van der Waals surface area (Å²) in [6.45, 7) is 3.75. The van der Waals surface area contributed by atoms with Crippen LogP contribution in [0.25, 0.3) is 5.57 Å². The van der Waals surface area contributed by atoms with Gasteiger partial charge in [0.15, 0.2) is 0 Å². The first kappa shape index (κ1) is 19.9. The summed E-state index contributed by atoms with van der Waals surface area (Å²) in [5.74, 6) is -1.29. The molecule has 1 aliphatic rings. The van der Waals surface area contributed by atoms with E-state index in [9.17, 15) is 14.0 Å². The largest absolute Gasteiger partial charge is 0.350 e. The molecule has 2 amide bonds. The Morgan fingerprint density at radius 3 is 2.20 bits per heavy atom. The van der Waals surface area contributed by atoms with Crippen molar-refractivity contribution >= 4 is 40.4 Å². The number of imide groups is 1. The van der Waals surface area contributed by atoms with Crippen molar-refractivity contribution in [2.45, 2.75) is 13.8 Å². The zero-order valence-electron chi connectivity index (χ0n) is 16.4. The first-order chi connectivity index (χ1) is 14.3. The third-order valence-electron chi connectivity index (χ3n) is 4.94. The molecule has 0 atom stereocenters. The molecule has 6 heteroatoms. The van der Waals surface area contributed by atoms with Gasteiger partial charge < -0.3 is 5.32 Å². The second-order valence-electron chi connectivity index (χ2n) is 7.12. The molecule has 0 fully saturated rings. The van der Waals surface area contributed by atoms with Crippen molar-refractivity contribution in [3.8, 4) is 0 Å². The van der Waals surface area contributed by atoms with Gasteiger partial charge in [0.25, 0.3) is 11.8 Å². The van der Waals surface area contributed by atoms with Crippen molar-refractivity contribution < 1.29 is 14.0 Å². The number of carbonyl (C=O) groups excluding carboxylic acids is 2. The van der Waals surface area contributed by atoms with E-state index in [1.165, 1.54) is 29.2 Å². The fourth-order valence-corrected chi connectivity index (χ4v) is 3.51. The number of hydrogen-bond donors (Lipinski definition) is 1. The van der Waals surface area contributed by atoms with Crippen LogP contribution in [0.2, 0.25) is 5.02 Å². The normalized spacial score (nSPS) is 13.9. The molecule has 1 aliphatic heterocycles. The average Bonchev–Trinajstić information content (AvgIpc) is 2.96. The summed E-state index contributed by atoms with van der Waals surface area (Å²) in [6.07, 6.45) is 0. The third-order valence-corrected chi connectivity index (χ3v) is 5.19. The minimum atomic E-state index is -0.469. The molecule has 30 heavy (non-hydrogen) atoms. The Morgan fingerprint density at radius 2 is 1.53 bits per heavy atom. The Kier molecular flexibility index (Phi) is 5.14. The van der Waals surface area contributed by atoms with Crippen LogP contribution in [-0.4, -0.2) is 11.8 Å². The lowest BCUT2D eigenvalue weighted by Gasteiger charge is -2.18. The molecule has 1 N–H and O–H groups in total. The Balaban J connectivity index is 1.84. The Bertz CT molecular complexity index is 1180. The second-order valence-corrected chi connectivity index (χ2v) is 7.56. The van der Waals surface area contributed by atoms with E-state index in [0.29, 0.717) is 22.0 Å². The molecule has 4 rings (SSSR count). The highest BCUT2D eigenvalue weighted by molar-refractivity contribution is 6.46. The van der Waals surface area contributed by atoms with Crippen LogP contribution in [0, 0.1) is 19.7 Å². The van der Waals surface area contributed by atoms with Gasteiger partial charge >= 0.3 is 0 Å². The van der Waals surface area contributed by atoms with Gasteiger partial charge in [-0.15, -0.1) is 0 Å². The van der Waals surface area contributed by atoms with Gasteiger partial charge in [0.1, 0.15) is 11.5 Å². The fourth-order valence-electron chi connectivity index (χ4n) is 3.39. The molecule has 0 aliphatic carbocycles. The first-order valence-electron chi connectivity index (χ1n) is 9.34. The van der Waals surface area contributed by atoms with Gasteiger partial charge in [-0.05, 0) is 73.0 Å². The molecule has 0 saturated heterocycles. The van der Waals surface area contributed by atoms with Crippen molar-refractivity contribution in [3.63, 3.8) is 0 Å². The third kappa shape index (κ3) is 3.60. The predicted octanol–water partition coefficient (Wildman–Crippen LogP) is 5.49. The highest BCUT2D eigenvalue weighted by Gasteiger charge is 2.40. The highest BCUT2D eigenvalue weighted by Crippen LogP contribution is 2.35. The Morgan fingerprint density at radius 1 is 0.867 bits per heavy atom. The molecule has 0 spiro atoms. The second kappa shape index (κ2) is 7.76. The molecule has 150 valence electrons. The van der Waals surface area contributed by atoms with Gasteiger partial charge in [-0.25, -0.2) is 9.29 Å². The van der Waals surface area contributed by atoms with Gasteiger partial charge in [-0.2, -0.15) is 0 Å². The molecule has 0 aromatic heterocycles. The summed E-state index contributed by atoms with van der Waals surface area (Å²) < 4.78 is 13.3. The highest BCUT2D eigenvalue weighted by atomic mass is 35.5. The van der Waals surface area contributed by atoms with Crippen molar-refractivity contribution in [2.75, 3.05) is 10.2 Å². The van der Waals surface area contributed by atoms with Crippen LogP contribution in [0.15, 0.2) is 72.4 Å². The quantitative estimate of drug-likeness (QED) is 0.567. The maximum atomic E-state index is 13.4. The van der Waals surface area contributed by atoms with Gasteiger partial charge in [0.2, 0.25) is 0 Å². The lowest BCUT2D eigenvalue weighted by Crippen LogP contribution is -2.33. The lowest BCUT2D eigenvalue weighted by atomic mass is 10.0. The molecule has 4 nitrogen and oxygen atoms in total. The molecule has 3 aromatic carbocycles. The lowest BCUT2D eigenvalue weighted by molar-refractivity contribution is -0.120. The van der Waals surface area contributed by atoms with Crippen molar-refractivity contribution in [1.82, 2.24) is 0 Å². The van der Waals surface area contributed by atoms with E-state index in [0.717, 1.165) is 11.1 Å². The van der Waals surface area contributed by atoms with Gasteiger partial charge in [0.05, 0.1) is 11.3 Å². The minimum Gasteiger partial charge on any atom is -0.350 e. The number of anilines is 2. The molecule has 0 radical (unpaired) electrons. The minimum absolute atomic E-state index is 0.134. The molecular formula is C24H18ClFN2O2. The number of carbonyl (C=O) groups is 2. The predicted molar refractivity (Wildman–Crippen MR) is 117 cm³/mol. The van der Waals surface area contributed by atoms with E-state index in [4.69, 9.17) is 11.6 Å². The van der Waals surface area contributed by atoms with Crippen LogP contribution in [0.3, 0.4) is 0 Å². The number of nitrogens with zero attached hydrogens (tertiary/aromatic N) is 1. The monoisotopic (exact) mass is 420 g/mol. The van der Waals surface area contributed by atoms with E-state index in [1.54, 1.807) is 24.3 Å². The molecule has 0 bridgehead atoms. The Hall–Kier alpha value is -3.44. The first-order valence-corrected chi connectivity index (χ1v) is 9.72. The van der Waals surface area contributed by atoms with Crippen LogP contribution in [0.5, 0.6) is 0 Å². The van der Waals surface area contributed by atoms with Crippen molar-refractivity contribution in [3.05, 3.63) is 100.0 Å². The fraction of sp³-hybridized carbons (Fsp3) is 0.0833. The van der Waals surface area contributed by atoms with E-state index >= 15 is 0 Å². The number of nitrogens with one attached hydrogen (secondary N) is 1. The zero-order chi connectivity index (χ0) is 21.4. The summed E-state index contributed by atoms with van der Waals surface area (Å²) in [4.78, 5) is 28.0. The Labute approximate surface area is 178 Å². The maximum Gasteiger partial charge on any atom is 0.282 e. The summed E-state index contributed by atoms with van der Waals surface area (Å²) >= 11 is 6.00. The molecule has 0 saturated carbocycles. The van der Waals surface area contributed by atoms with E-state index in [-0.39, 0.29) is 11.3 Å². The summed E-state index contributed by atoms with van der Waals surface area (Å²) in [5, 5.41) is 3.54. The van der Waals surface area contributed by atoms with Crippen LogP contribution in [0.1, 0.15) is 16.7 Å². The number of benzene rings is 3. The number of aryl methyl sites for hydroxylation is 2. The van der Waals surface area contributed by atoms with Crippen molar-refractivity contribution in [2.24, 2.45) is 0 Å². The van der Waals surface area contributed by atoms with Crippen LogP contribution < -0.4 is 10.2 Å². The van der Waals surface area contributed by atoms with Crippen LogP contribution in [0.4, 0.5) is 15.8 Å². The summed E-state index contributed by atoms with van der Waals surface area (Å²) in [6, 6.07) is 17.9. The number of rotatable bonds is 4. The van der Waals surface area contributed by atoms with E-state index < -0.39 is 17.6 Å². The smallest absolute Gasteiger partial charge is 0.282 e. The van der Waals surface area contributed by atoms with Crippen LogP contribution >= 0.6 is 11.6 Å². The maximum absolute atomic E-state index is 13.4. The molecular weight excluding hydrogens is 403 g/mol. The summed E-state index contributed by atoms with van der Waals surface area (Å²) in [5.41, 5.74) is 3.71. The van der Waals surface area contributed by atoms with Crippen molar-refractivity contribution in [1.29, 1.82) is 0 Å². The molecule has 3 aromatic rings. The van der Waals surface area contributed by atoms with Gasteiger partial charge in [-0.1, -0.05) is 35.9 Å². The average molecular weight is 421 g/mol. The SMILES string of the molecule is Cc1ccc(C)c(N2C(=O)C(Nc3ccc(F)cc3)=C(c3ccc(Cl)cc3)C2=O)c1. The number of halogens is 2.